The second-order valence-electron chi connectivity index (χ2n) is 6.15. The minimum Gasteiger partial charge on any atom is -0.494 e. The van der Waals surface area contributed by atoms with E-state index in [-0.39, 0.29) is 5.91 Å². The minimum absolute atomic E-state index is 0.213. The lowest BCUT2D eigenvalue weighted by Crippen LogP contribution is -2.31. The lowest BCUT2D eigenvalue weighted by atomic mass is 10.3. The number of hydrogen-bond acceptors (Lipinski definition) is 6. The van der Waals surface area contributed by atoms with Gasteiger partial charge in [-0.3, -0.25) is 19.4 Å². The summed E-state index contributed by atoms with van der Waals surface area (Å²) in [6.45, 7) is 2.86. The van der Waals surface area contributed by atoms with Crippen molar-refractivity contribution >= 4 is 32.6 Å². The summed E-state index contributed by atoms with van der Waals surface area (Å²) in [6, 6.07) is 13.1. The van der Waals surface area contributed by atoms with Gasteiger partial charge in [-0.25, -0.2) is 4.98 Å². The van der Waals surface area contributed by atoms with Gasteiger partial charge < -0.3 is 4.74 Å². The molecule has 0 unspecified atom stereocenters. The van der Waals surface area contributed by atoms with Gasteiger partial charge in [-0.2, -0.15) is 5.10 Å². The highest BCUT2D eigenvalue weighted by molar-refractivity contribution is 7.22. The number of thiazole rings is 1. The topological polar surface area (TPSA) is 73.1 Å². The standard InChI is InChI=1S/C20H19N5O2S/c1-3-27-15-7-8-16-18(12-15)28-20(22-16)25(13-14-6-4-5-10-21-14)19(26)17-9-11-24(2)23-17/h4-12H,3,13H2,1-2H3. The zero-order valence-corrected chi connectivity index (χ0v) is 16.4. The molecule has 0 aliphatic heterocycles. The van der Waals surface area contributed by atoms with Crippen molar-refractivity contribution in [1.82, 2.24) is 19.7 Å². The molecule has 0 saturated carbocycles. The average Bonchev–Trinajstić information content (AvgIpc) is 3.32. The summed E-state index contributed by atoms with van der Waals surface area (Å²) in [6.07, 6.45) is 3.46. The van der Waals surface area contributed by atoms with E-state index < -0.39 is 0 Å². The third kappa shape index (κ3) is 3.72. The van der Waals surface area contributed by atoms with Gasteiger partial charge in [0.05, 0.1) is 29.1 Å². The van der Waals surface area contributed by atoms with Gasteiger partial charge in [-0.15, -0.1) is 0 Å². The molecule has 0 saturated heterocycles. The highest BCUT2D eigenvalue weighted by Crippen LogP contribution is 2.32. The molecular formula is C20H19N5O2S. The van der Waals surface area contributed by atoms with E-state index in [1.54, 1.807) is 35.1 Å². The fourth-order valence-electron chi connectivity index (χ4n) is 2.81. The van der Waals surface area contributed by atoms with E-state index in [0.717, 1.165) is 21.7 Å². The number of aryl methyl sites for hydroxylation is 1. The largest absolute Gasteiger partial charge is 0.494 e. The van der Waals surface area contributed by atoms with E-state index in [4.69, 9.17) is 4.74 Å². The highest BCUT2D eigenvalue weighted by Gasteiger charge is 2.24. The molecule has 3 heterocycles. The van der Waals surface area contributed by atoms with Crippen LogP contribution in [0.4, 0.5) is 5.13 Å². The van der Waals surface area contributed by atoms with E-state index in [2.05, 4.69) is 15.1 Å². The number of ether oxygens (including phenoxy) is 1. The summed E-state index contributed by atoms with van der Waals surface area (Å²) in [5, 5.41) is 4.85. The summed E-state index contributed by atoms with van der Waals surface area (Å²) in [4.78, 5) is 23.8. The van der Waals surface area contributed by atoms with Crippen LogP contribution < -0.4 is 9.64 Å². The van der Waals surface area contributed by atoms with Crippen LogP contribution in [-0.2, 0) is 13.6 Å². The predicted molar refractivity (Wildman–Crippen MR) is 109 cm³/mol. The molecule has 0 fully saturated rings. The Bertz CT molecular complexity index is 1110. The van der Waals surface area contributed by atoms with Crippen LogP contribution in [0, 0.1) is 0 Å². The number of benzene rings is 1. The van der Waals surface area contributed by atoms with E-state index in [1.165, 1.54) is 11.3 Å². The third-order valence-electron chi connectivity index (χ3n) is 4.11. The maximum Gasteiger partial charge on any atom is 0.280 e. The van der Waals surface area contributed by atoms with Crippen LogP contribution in [0.1, 0.15) is 23.1 Å². The first-order valence-corrected chi connectivity index (χ1v) is 9.70. The fourth-order valence-corrected chi connectivity index (χ4v) is 3.80. The van der Waals surface area contributed by atoms with Gasteiger partial charge in [0.25, 0.3) is 5.91 Å². The van der Waals surface area contributed by atoms with Crippen molar-refractivity contribution in [2.45, 2.75) is 13.5 Å². The minimum atomic E-state index is -0.213. The normalized spacial score (nSPS) is 10.9. The van der Waals surface area contributed by atoms with Gasteiger partial charge in [-0.05, 0) is 43.3 Å². The number of carbonyl (C=O) groups is 1. The molecule has 8 heteroatoms. The summed E-state index contributed by atoms with van der Waals surface area (Å²) in [5.41, 5.74) is 1.97. The average molecular weight is 393 g/mol. The van der Waals surface area contributed by atoms with Crippen molar-refractivity contribution in [3.05, 3.63) is 66.2 Å². The van der Waals surface area contributed by atoms with Crippen molar-refractivity contribution in [3.63, 3.8) is 0 Å². The molecule has 7 nitrogen and oxygen atoms in total. The predicted octanol–water partition coefficient (Wildman–Crippen LogP) is 3.67. The molecule has 4 aromatic rings. The molecule has 0 aliphatic carbocycles. The molecule has 28 heavy (non-hydrogen) atoms. The van der Waals surface area contributed by atoms with Crippen LogP contribution in [0.3, 0.4) is 0 Å². The van der Waals surface area contributed by atoms with Crippen LogP contribution >= 0.6 is 11.3 Å². The summed E-state index contributed by atoms with van der Waals surface area (Å²) < 4.78 is 8.14. The molecule has 0 atom stereocenters. The van der Waals surface area contributed by atoms with Crippen molar-refractivity contribution < 1.29 is 9.53 Å². The van der Waals surface area contributed by atoms with E-state index in [0.29, 0.717) is 24.0 Å². The van der Waals surface area contributed by atoms with Crippen molar-refractivity contribution in [2.24, 2.45) is 7.05 Å². The molecule has 3 aromatic heterocycles. The zero-order chi connectivity index (χ0) is 19.5. The molecule has 0 N–H and O–H groups in total. The molecule has 142 valence electrons. The SMILES string of the molecule is CCOc1ccc2nc(N(Cc3ccccn3)C(=O)c3ccn(C)n3)sc2c1. The fraction of sp³-hybridized carbons (Fsp3) is 0.200. The smallest absolute Gasteiger partial charge is 0.280 e. The zero-order valence-electron chi connectivity index (χ0n) is 15.6. The molecule has 1 amide bonds. The Balaban J connectivity index is 1.73. The molecule has 0 radical (unpaired) electrons. The Morgan fingerprint density at radius 1 is 1.25 bits per heavy atom. The third-order valence-corrected chi connectivity index (χ3v) is 5.16. The molecule has 0 bridgehead atoms. The summed E-state index contributed by atoms with van der Waals surface area (Å²) in [5.74, 6) is 0.577. The van der Waals surface area contributed by atoms with Crippen LogP contribution in [0.5, 0.6) is 5.75 Å². The van der Waals surface area contributed by atoms with Crippen LogP contribution in [-0.4, -0.2) is 32.3 Å². The first kappa shape index (κ1) is 18.1. The molecule has 4 rings (SSSR count). The van der Waals surface area contributed by atoms with Crippen molar-refractivity contribution in [3.8, 4) is 5.75 Å². The number of rotatable bonds is 6. The van der Waals surface area contributed by atoms with Gasteiger partial charge in [-0.1, -0.05) is 17.4 Å². The number of carbonyl (C=O) groups excluding carboxylic acids is 1. The first-order chi connectivity index (χ1) is 13.6. The maximum atomic E-state index is 13.2. The van der Waals surface area contributed by atoms with Crippen molar-refractivity contribution in [1.29, 1.82) is 0 Å². The lowest BCUT2D eigenvalue weighted by Gasteiger charge is -2.18. The lowest BCUT2D eigenvalue weighted by molar-refractivity contribution is 0.0979. The van der Waals surface area contributed by atoms with Gasteiger partial charge >= 0.3 is 0 Å². The second kappa shape index (κ2) is 7.77. The number of anilines is 1. The molecule has 0 aliphatic rings. The monoisotopic (exact) mass is 393 g/mol. The maximum absolute atomic E-state index is 13.2. The quantitative estimate of drug-likeness (QED) is 0.500. The van der Waals surface area contributed by atoms with Gasteiger partial charge in [0, 0.05) is 19.4 Å². The molecular weight excluding hydrogens is 374 g/mol. The Morgan fingerprint density at radius 3 is 2.86 bits per heavy atom. The highest BCUT2D eigenvalue weighted by atomic mass is 32.1. The number of fused-ring (bicyclic) bond motifs is 1. The van der Waals surface area contributed by atoms with Gasteiger partial charge in [0.1, 0.15) is 5.75 Å². The van der Waals surface area contributed by atoms with Crippen LogP contribution in [0.25, 0.3) is 10.2 Å². The Hall–Kier alpha value is -3.26. The Labute approximate surface area is 166 Å². The Kier molecular flexibility index (Phi) is 5.03. The number of hydrogen-bond donors (Lipinski definition) is 0. The Morgan fingerprint density at radius 2 is 2.14 bits per heavy atom. The van der Waals surface area contributed by atoms with Crippen LogP contribution in [0.2, 0.25) is 0 Å². The number of pyridine rings is 1. The van der Waals surface area contributed by atoms with E-state index in [9.17, 15) is 4.79 Å². The summed E-state index contributed by atoms with van der Waals surface area (Å²) >= 11 is 1.45. The molecule has 1 aromatic carbocycles. The van der Waals surface area contributed by atoms with E-state index in [1.807, 2.05) is 43.3 Å². The van der Waals surface area contributed by atoms with Crippen molar-refractivity contribution in [2.75, 3.05) is 11.5 Å². The number of nitrogens with zero attached hydrogens (tertiary/aromatic N) is 5. The van der Waals surface area contributed by atoms with Gasteiger partial charge in [0.2, 0.25) is 0 Å². The van der Waals surface area contributed by atoms with Crippen LogP contribution in [0.15, 0.2) is 54.9 Å². The molecule has 0 spiro atoms. The second-order valence-corrected chi connectivity index (χ2v) is 7.16. The summed E-state index contributed by atoms with van der Waals surface area (Å²) in [7, 11) is 1.78. The van der Waals surface area contributed by atoms with Gasteiger partial charge in [0.15, 0.2) is 10.8 Å². The number of aromatic nitrogens is 4. The first-order valence-electron chi connectivity index (χ1n) is 8.89. The number of amides is 1. The van der Waals surface area contributed by atoms with E-state index >= 15 is 0 Å².